The predicted octanol–water partition coefficient (Wildman–Crippen LogP) is 2.84. The summed E-state index contributed by atoms with van der Waals surface area (Å²) in [6, 6.07) is 4.03. The summed E-state index contributed by atoms with van der Waals surface area (Å²) in [7, 11) is 0. The number of morpholine rings is 1. The van der Waals surface area contributed by atoms with E-state index < -0.39 is 0 Å². The van der Waals surface area contributed by atoms with Crippen molar-refractivity contribution in [3.05, 3.63) is 23.9 Å². The van der Waals surface area contributed by atoms with Crippen LogP contribution >= 0.6 is 0 Å². The van der Waals surface area contributed by atoms with E-state index >= 15 is 0 Å². The monoisotopic (exact) mass is 267 g/mol. The van der Waals surface area contributed by atoms with Crippen LogP contribution in [0.25, 0.3) is 0 Å². The molecule has 1 aromatic rings. The van der Waals surface area contributed by atoms with Crippen LogP contribution in [0.4, 0.5) is 5.82 Å². The van der Waals surface area contributed by atoms with Crippen LogP contribution < -0.4 is 10.6 Å². The summed E-state index contributed by atoms with van der Waals surface area (Å²) in [5.74, 6) is 0.921. The molecule has 1 saturated heterocycles. The summed E-state index contributed by atoms with van der Waals surface area (Å²) in [6.07, 6.45) is 2.07. The molecule has 1 fully saturated rings. The van der Waals surface area contributed by atoms with Gasteiger partial charge in [-0.05, 0) is 24.6 Å². The lowest BCUT2D eigenvalue weighted by atomic mass is 10.3. The summed E-state index contributed by atoms with van der Waals surface area (Å²) in [5, 5.41) is 6.58. The summed E-state index contributed by atoms with van der Waals surface area (Å²) in [5.41, 5.74) is 1.22. The van der Waals surface area contributed by atoms with Crippen LogP contribution in [0.5, 0.6) is 0 Å². The number of nitrogens with zero attached hydrogens (tertiary/aromatic N) is 1. The van der Waals surface area contributed by atoms with Crippen molar-refractivity contribution in [3.8, 4) is 0 Å². The van der Waals surface area contributed by atoms with Crippen molar-refractivity contribution in [2.75, 3.05) is 31.6 Å². The van der Waals surface area contributed by atoms with Gasteiger partial charge in [-0.25, -0.2) is 4.98 Å². The van der Waals surface area contributed by atoms with Crippen molar-refractivity contribution < 1.29 is 4.74 Å². The zero-order valence-electron chi connectivity index (χ0n) is 13.0. The van der Waals surface area contributed by atoms with Crippen LogP contribution in [0.3, 0.4) is 0 Å². The van der Waals surface area contributed by atoms with Gasteiger partial charge in [-0.15, -0.1) is 0 Å². The number of nitrogens with one attached hydrogen (secondary N) is 2. The van der Waals surface area contributed by atoms with Crippen LogP contribution in [0, 0.1) is 6.92 Å². The number of aryl methyl sites for hydroxylation is 1. The molecule has 0 spiro atoms. The van der Waals surface area contributed by atoms with Crippen molar-refractivity contribution in [1.82, 2.24) is 10.3 Å². The van der Waals surface area contributed by atoms with Crippen LogP contribution in [-0.2, 0) is 4.74 Å². The fraction of sp³-hybridized carbons (Fsp3) is 0.667. The minimum Gasteiger partial charge on any atom is -0.374 e. The van der Waals surface area contributed by atoms with E-state index in [0.29, 0.717) is 0 Å². The van der Waals surface area contributed by atoms with Gasteiger partial charge < -0.3 is 15.4 Å². The average molecular weight is 267 g/mol. The maximum absolute atomic E-state index is 5.58. The van der Waals surface area contributed by atoms with Gasteiger partial charge in [0.15, 0.2) is 0 Å². The topological polar surface area (TPSA) is 46.2 Å². The van der Waals surface area contributed by atoms with Crippen molar-refractivity contribution in [2.45, 2.75) is 40.7 Å². The van der Waals surface area contributed by atoms with Gasteiger partial charge in [0.2, 0.25) is 0 Å². The van der Waals surface area contributed by atoms with E-state index in [1.807, 2.05) is 46.0 Å². The van der Waals surface area contributed by atoms with E-state index in [1.165, 1.54) is 5.56 Å². The third-order valence-corrected chi connectivity index (χ3v) is 2.43. The molecule has 0 amide bonds. The average Bonchev–Trinajstić information content (AvgIpc) is 2.50. The van der Waals surface area contributed by atoms with E-state index in [0.717, 1.165) is 32.1 Å². The minimum atomic E-state index is 0.251. The Bertz CT molecular complexity index is 312. The maximum atomic E-state index is 5.58. The smallest absolute Gasteiger partial charge is 0.126 e. The van der Waals surface area contributed by atoms with Crippen molar-refractivity contribution in [2.24, 2.45) is 0 Å². The quantitative estimate of drug-likeness (QED) is 0.884. The molecule has 0 aromatic carbocycles. The van der Waals surface area contributed by atoms with Crippen molar-refractivity contribution in [1.29, 1.82) is 0 Å². The van der Waals surface area contributed by atoms with Crippen LogP contribution in [0.15, 0.2) is 18.3 Å². The van der Waals surface area contributed by atoms with E-state index in [4.69, 9.17) is 4.74 Å². The third-order valence-electron chi connectivity index (χ3n) is 2.43. The number of hydrogen-bond donors (Lipinski definition) is 2. The molecule has 0 aliphatic carbocycles. The molecule has 4 heteroatoms. The molecule has 0 bridgehead atoms. The van der Waals surface area contributed by atoms with Gasteiger partial charge in [-0.1, -0.05) is 27.7 Å². The Morgan fingerprint density at radius 2 is 2.11 bits per heavy atom. The summed E-state index contributed by atoms with van der Waals surface area (Å²) in [6.45, 7) is 13.5. The second-order valence-electron chi connectivity index (χ2n) is 3.80. The van der Waals surface area contributed by atoms with E-state index in [9.17, 15) is 0 Å². The highest BCUT2D eigenvalue weighted by Crippen LogP contribution is 2.06. The Labute approximate surface area is 118 Å². The van der Waals surface area contributed by atoms with Gasteiger partial charge in [0, 0.05) is 25.8 Å². The fourth-order valence-corrected chi connectivity index (χ4v) is 1.60. The number of ether oxygens (including phenoxy) is 1. The van der Waals surface area contributed by atoms with E-state index in [-0.39, 0.29) is 6.10 Å². The number of aromatic nitrogens is 1. The van der Waals surface area contributed by atoms with Gasteiger partial charge in [0.1, 0.15) is 5.82 Å². The maximum Gasteiger partial charge on any atom is 0.126 e. The first-order valence-corrected chi connectivity index (χ1v) is 7.33. The highest BCUT2D eigenvalue weighted by Gasteiger charge is 2.12. The lowest BCUT2D eigenvalue weighted by molar-refractivity contribution is 0.0372. The summed E-state index contributed by atoms with van der Waals surface area (Å²) < 4.78 is 5.58. The largest absolute Gasteiger partial charge is 0.374 e. The van der Waals surface area contributed by atoms with Crippen LogP contribution in [0.2, 0.25) is 0 Å². The molecular weight excluding hydrogens is 238 g/mol. The van der Waals surface area contributed by atoms with E-state index in [1.54, 1.807) is 0 Å². The first kappa shape index (κ1) is 17.9. The molecule has 1 atom stereocenters. The Morgan fingerprint density at radius 1 is 1.37 bits per heavy atom. The third kappa shape index (κ3) is 7.80. The Morgan fingerprint density at radius 3 is 2.68 bits per heavy atom. The summed E-state index contributed by atoms with van der Waals surface area (Å²) in [4.78, 5) is 4.24. The molecule has 2 N–H and O–H groups in total. The highest BCUT2D eigenvalue weighted by molar-refractivity contribution is 5.36. The lowest BCUT2D eigenvalue weighted by Gasteiger charge is -2.23. The number of rotatable bonds is 3. The first-order chi connectivity index (χ1) is 9.34. The Kier molecular flexibility index (Phi) is 11.2. The molecule has 19 heavy (non-hydrogen) atoms. The standard InChI is InChI=1S/C11H17N3O.2C2H6/c1-9-2-3-13-11(6-9)14-8-10-7-12-4-5-15-10;2*1-2/h2-3,6,10,12H,4-5,7-8H2,1H3,(H,13,14);2*1-2H3. The van der Waals surface area contributed by atoms with Crippen LogP contribution in [0.1, 0.15) is 33.3 Å². The van der Waals surface area contributed by atoms with Crippen LogP contribution in [-0.4, -0.2) is 37.3 Å². The summed E-state index contributed by atoms with van der Waals surface area (Å²) >= 11 is 0. The van der Waals surface area contributed by atoms with Gasteiger partial charge in [0.05, 0.1) is 12.7 Å². The van der Waals surface area contributed by atoms with Crippen molar-refractivity contribution in [3.63, 3.8) is 0 Å². The minimum absolute atomic E-state index is 0.251. The van der Waals surface area contributed by atoms with Gasteiger partial charge in [-0.2, -0.15) is 0 Å². The second kappa shape index (κ2) is 11.9. The number of pyridine rings is 1. The highest BCUT2D eigenvalue weighted by atomic mass is 16.5. The molecular formula is C15H29N3O. The molecule has 4 nitrogen and oxygen atoms in total. The van der Waals surface area contributed by atoms with E-state index in [2.05, 4.69) is 22.5 Å². The van der Waals surface area contributed by atoms with Gasteiger partial charge in [-0.3, -0.25) is 0 Å². The normalized spacial score (nSPS) is 17.4. The fourth-order valence-electron chi connectivity index (χ4n) is 1.60. The Hall–Kier alpha value is -1.13. The number of hydrogen-bond acceptors (Lipinski definition) is 4. The van der Waals surface area contributed by atoms with Gasteiger partial charge in [0.25, 0.3) is 0 Å². The lowest BCUT2D eigenvalue weighted by Crippen LogP contribution is -2.42. The molecule has 0 radical (unpaired) electrons. The second-order valence-corrected chi connectivity index (χ2v) is 3.80. The molecule has 1 aromatic heterocycles. The number of anilines is 1. The zero-order valence-corrected chi connectivity index (χ0v) is 13.0. The SMILES string of the molecule is CC.CC.Cc1ccnc(NCC2CNCCO2)c1. The Balaban J connectivity index is 0.000000741. The molecule has 2 heterocycles. The predicted molar refractivity (Wildman–Crippen MR) is 82.8 cm³/mol. The zero-order chi connectivity index (χ0) is 14.5. The molecule has 1 aliphatic heterocycles. The van der Waals surface area contributed by atoms with Gasteiger partial charge >= 0.3 is 0 Å². The van der Waals surface area contributed by atoms with Crippen molar-refractivity contribution >= 4 is 5.82 Å². The first-order valence-electron chi connectivity index (χ1n) is 7.33. The molecule has 110 valence electrons. The molecule has 0 saturated carbocycles. The molecule has 1 unspecified atom stereocenters. The molecule has 1 aliphatic rings. The molecule has 2 rings (SSSR count).